The minimum atomic E-state index is -1.01. The molecule has 1 N–H and O–H groups in total. The number of rotatable bonds is 5. The molecule has 0 bridgehead atoms. The van der Waals surface area contributed by atoms with Gasteiger partial charge in [0.15, 0.2) is 0 Å². The van der Waals surface area contributed by atoms with E-state index in [0.29, 0.717) is 24.0 Å². The molecule has 26 heavy (non-hydrogen) atoms. The molecule has 4 nitrogen and oxygen atoms in total. The molecule has 1 atom stereocenters. The topological polar surface area (TPSA) is 63.6 Å². The second kappa shape index (κ2) is 8.29. The highest BCUT2D eigenvalue weighted by atomic mass is 31.1. The van der Waals surface area contributed by atoms with Crippen LogP contribution in [0.25, 0.3) is 0 Å². The molecule has 0 radical (unpaired) electrons. The first-order valence-corrected chi connectivity index (χ1v) is 9.93. The third kappa shape index (κ3) is 3.86. The number of aliphatic carboxylic acids is 1. The lowest BCUT2D eigenvalue weighted by Crippen LogP contribution is -2.16. The van der Waals surface area contributed by atoms with Gasteiger partial charge in [-0.2, -0.15) is 0 Å². The first-order valence-electron chi connectivity index (χ1n) is 8.59. The monoisotopic (exact) mass is 368 g/mol. The van der Waals surface area contributed by atoms with E-state index in [2.05, 4.69) is 18.2 Å². The van der Waals surface area contributed by atoms with E-state index in [1.807, 2.05) is 30.3 Å². The Labute approximate surface area is 154 Å². The number of carboxylic acids is 1. The van der Waals surface area contributed by atoms with Gasteiger partial charge in [0.1, 0.15) is 0 Å². The number of benzene rings is 1. The summed E-state index contributed by atoms with van der Waals surface area (Å²) in [5, 5.41) is 12.5. The third-order valence-electron chi connectivity index (χ3n) is 4.46. The summed E-state index contributed by atoms with van der Waals surface area (Å²) in [7, 11) is 0.361. The number of esters is 1. The van der Waals surface area contributed by atoms with Crippen molar-refractivity contribution in [3.8, 4) is 0 Å². The van der Waals surface area contributed by atoms with Crippen LogP contribution in [0.1, 0.15) is 25.7 Å². The van der Waals surface area contributed by atoms with Crippen molar-refractivity contribution < 1.29 is 19.4 Å². The predicted octanol–water partition coefficient (Wildman–Crippen LogP) is 4.26. The summed E-state index contributed by atoms with van der Waals surface area (Å²) in [5.41, 5.74) is 0.934. The van der Waals surface area contributed by atoms with E-state index >= 15 is 0 Å². The van der Waals surface area contributed by atoms with Crippen LogP contribution in [0.15, 0.2) is 76.4 Å². The van der Waals surface area contributed by atoms with Crippen molar-refractivity contribution in [2.45, 2.75) is 25.7 Å². The van der Waals surface area contributed by atoms with Crippen LogP contribution in [0.5, 0.6) is 0 Å². The van der Waals surface area contributed by atoms with E-state index < -0.39 is 13.9 Å². The number of allylic oxidation sites excluding steroid dienone is 6. The maximum absolute atomic E-state index is 12.4. The van der Waals surface area contributed by atoms with Crippen LogP contribution >= 0.6 is 7.92 Å². The van der Waals surface area contributed by atoms with Gasteiger partial charge in [-0.25, -0.2) is 9.59 Å². The summed E-state index contributed by atoms with van der Waals surface area (Å²) in [5.74, 6) is -1.30. The van der Waals surface area contributed by atoms with Gasteiger partial charge in [-0.15, -0.1) is 0 Å². The molecule has 0 fully saturated rings. The van der Waals surface area contributed by atoms with Crippen molar-refractivity contribution in [2.75, 3.05) is 7.11 Å². The van der Waals surface area contributed by atoms with Crippen LogP contribution in [-0.4, -0.2) is 24.2 Å². The van der Waals surface area contributed by atoms with Gasteiger partial charge in [-0.05, 0) is 55.6 Å². The molecule has 0 saturated heterocycles. The van der Waals surface area contributed by atoms with Crippen LogP contribution in [0.4, 0.5) is 0 Å². The molecule has 0 saturated carbocycles. The quantitative estimate of drug-likeness (QED) is 0.623. The molecule has 2 aliphatic carbocycles. The Kier molecular flexibility index (Phi) is 5.85. The summed E-state index contributed by atoms with van der Waals surface area (Å²) in [4.78, 5) is 23.9. The van der Waals surface area contributed by atoms with Crippen LogP contribution in [-0.2, 0) is 14.3 Å². The van der Waals surface area contributed by atoms with Crippen molar-refractivity contribution in [3.63, 3.8) is 0 Å². The number of hydrogen-bond donors (Lipinski definition) is 1. The molecule has 134 valence electrons. The summed E-state index contributed by atoms with van der Waals surface area (Å²) in [6.07, 6.45) is 10.8. The number of hydrogen-bond acceptors (Lipinski definition) is 3. The summed E-state index contributed by atoms with van der Waals surface area (Å²) in [6.45, 7) is 0. The minimum absolute atomic E-state index is 0.343. The molecule has 1 unspecified atom stereocenters. The lowest BCUT2D eigenvalue weighted by atomic mass is 9.98. The van der Waals surface area contributed by atoms with Gasteiger partial charge in [-0.1, -0.05) is 48.6 Å². The SMILES string of the molecule is COC(=O)C1=C(P(C2=CCCC=C2)c2ccccc2)C=C(C(=O)O)CC1. The summed E-state index contributed by atoms with van der Waals surface area (Å²) in [6, 6.07) is 9.98. The predicted molar refractivity (Wildman–Crippen MR) is 103 cm³/mol. The molecule has 1 aromatic rings. The number of carbonyl (C=O) groups is 2. The highest BCUT2D eigenvalue weighted by molar-refractivity contribution is 7.74. The fourth-order valence-electron chi connectivity index (χ4n) is 3.18. The average Bonchev–Trinajstić information content (AvgIpc) is 2.69. The zero-order chi connectivity index (χ0) is 18.5. The smallest absolute Gasteiger partial charge is 0.334 e. The van der Waals surface area contributed by atoms with E-state index in [-0.39, 0.29) is 5.97 Å². The fraction of sp³-hybridized carbons (Fsp3) is 0.238. The number of carbonyl (C=O) groups excluding carboxylic acids is 1. The maximum atomic E-state index is 12.4. The number of carboxylic acid groups (broad SMARTS) is 1. The van der Waals surface area contributed by atoms with E-state index in [1.54, 1.807) is 6.08 Å². The van der Waals surface area contributed by atoms with E-state index in [0.717, 1.165) is 28.8 Å². The standard InChI is InChI=1S/C21H21O4P/c1-25-21(24)18-13-12-15(20(22)23)14-19(18)26(16-8-4-2-5-9-16)17-10-6-3-7-11-17/h2,4-6,8-11,14H,3,7,12-13H2,1H3,(H,22,23). The first kappa shape index (κ1) is 18.3. The molecule has 0 aromatic heterocycles. The van der Waals surface area contributed by atoms with Crippen molar-refractivity contribution in [1.29, 1.82) is 0 Å². The molecule has 1 aromatic carbocycles. The van der Waals surface area contributed by atoms with Gasteiger partial charge < -0.3 is 9.84 Å². The largest absolute Gasteiger partial charge is 0.478 e. The average molecular weight is 368 g/mol. The Morgan fingerprint density at radius 3 is 2.50 bits per heavy atom. The Morgan fingerprint density at radius 1 is 1.12 bits per heavy atom. The Bertz CT molecular complexity index is 831. The van der Waals surface area contributed by atoms with E-state index in [1.165, 1.54) is 7.11 Å². The fourth-order valence-corrected chi connectivity index (χ4v) is 5.83. The Balaban J connectivity index is 2.20. The molecule has 5 heteroatoms. The van der Waals surface area contributed by atoms with Gasteiger partial charge >= 0.3 is 11.9 Å². The molecule has 0 aliphatic heterocycles. The first-order chi connectivity index (χ1) is 12.6. The molecule has 2 aliphatic rings. The lowest BCUT2D eigenvalue weighted by Gasteiger charge is -2.27. The van der Waals surface area contributed by atoms with E-state index in [4.69, 9.17) is 4.74 Å². The zero-order valence-electron chi connectivity index (χ0n) is 14.6. The Morgan fingerprint density at radius 2 is 1.88 bits per heavy atom. The van der Waals surface area contributed by atoms with Crippen molar-refractivity contribution in [2.24, 2.45) is 0 Å². The molecule has 0 heterocycles. The molecular weight excluding hydrogens is 347 g/mol. The zero-order valence-corrected chi connectivity index (χ0v) is 15.5. The van der Waals surface area contributed by atoms with Gasteiger partial charge in [0.2, 0.25) is 0 Å². The lowest BCUT2D eigenvalue weighted by molar-refractivity contribution is -0.137. The highest BCUT2D eigenvalue weighted by Gasteiger charge is 2.29. The minimum Gasteiger partial charge on any atom is -0.478 e. The number of methoxy groups -OCH3 is 1. The van der Waals surface area contributed by atoms with E-state index in [9.17, 15) is 14.7 Å². The summed E-state index contributed by atoms with van der Waals surface area (Å²) >= 11 is 0. The van der Waals surface area contributed by atoms with Gasteiger partial charge in [0, 0.05) is 11.1 Å². The normalized spacial score (nSPS) is 18.0. The van der Waals surface area contributed by atoms with Crippen molar-refractivity contribution >= 4 is 25.2 Å². The number of ether oxygens (including phenoxy) is 1. The van der Waals surface area contributed by atoms with Crippen LogP contribution in [0.2, 0.25) is 0 Å². The second-order valence-corrected chi connectivity index (χ2v) is 8.30. The van der Waals surface area contributed by atoms with Crippen LogP contribution < -0.4 is 5.30 Å². The molecule has 0 amide bonds. The van der Waals surface area contributed by atoms with Gasteiger partial charge in [0.05, 0.1) is 7.11 Å². The van der Waals surface area contributed by atoms with Gasteiger partial charge in [-0.3, -0.25) is 0 Å². The van der Waals surface area contributed by atoms with Crippen LogP contribution in [0.3, 0.4) is 0 Å². The highest BCUT2D eigenvalue weighted by Crippen LogP contribution is 2.56. The molecular formula is C21H21O4P. The molecule has 0 spiro atoms. The van der Waals surface area contributed by atoms with Crippen molar-refractivity contribution in [3.05, 3.63) is 76.4 Å². The third-order valence-corrected chi connectivity index (χ3v) is 7.00. The van der Waals surface area contributed by atoms with Crippen LogP contribution in [0, 0.1) is 0 Å². The van der Waals surface area contributed by atoms with Crippen molar-refractivity contribution in [1.82, 2.24) is 0 Å². The molecule has 3 rings (SSSR count). The summed E-state index contributed by atoms with van der Waals surface area (Å²) < 4.78 is 4.99. The Hall–Kier alpha value is -2.45. The second-order valence-electron chi connectivity index (χ2n) is 6.11. The maximum Gasteiger partial charge on any atom is 0.334 e. The van der Waals surface area contributed by atoms with Gasteiger partial charge in [0.25, 0.3) is 0 Å².